The molecule has 0 aliphatic heterocycles. The van der Waals surface area contributed by atoms with E-state index in [0.29, 0.717) is 24.6 Å². The molecule has 9 heteroatoms. The van der Waals surface area contributed by atoms with Gasteiger partial charge < -0.3 is 15.2 Å². The van der Waals surface area contributed by atoms with Crippen LogP contribution in [0.3, 0.4) is 0 Å². The van der Waals surface area contributed by atoms with Crippen molar-refractivity contribution in [1.29, 1.82) is 0 Å². The molecule has 0 radical (unpaired) electrons. The van der Waals surface area contributed by atoms with Gasteiger partial charge in [-0.25, -0.2) is 13.8 Å². The Hall–Kier alpha value is -2.81. The third-order valence-electron chi connectivity index (χ3n) is 4.37. The monoisotopic (exact) mass is 404 g/mol. The van der Waals surface area contributed by atoms with Crippen LogP contribution in [0.1, 0.15) is 35.1 Å². The van der Waals surface area contributed by atoms with Crippen LogP contribution in [0.15, 0.2) is 40.7 Å². The largest absolute Gasteiger partial charge is 0.351 e. The molecular weight excluding hydrogens is 382 g/mol. The number of guanidine groups is 1. The lowest BCUT2D eigenvalue weighted by molar-refractivity contribution is 0.504. The van der Waals surface area contributed by atoms with Gasteiger partial charge in [0.15, 0.2) is 23.4 Å². The summed E-state index contributed by atoms with van der Waals surface area (Å²) in [6.45, 7) is 4.68. The van der Waals surface area contributed by atoms with Crippen molar-refractivity contribution >= 4 is 17.3 Å². The van der Waals surface area contributed by atoms with Crippen LogP contribution in [0.4, 0.5) is 8.78 Å². The van der Waals surface area contributed by atoms with Crippen LogP contribution in [0, 0.1) is 18.6 Å². The topological polar surface area (TPSA) is 67.1 Å². The normalized spacial score (nSPS) is 12.8. The van der Waals surface area contributed by atoms with Gasteiger partial charge in [0.2, 0.25) is 0 Å². The zero-order chi connectivity index (χ0) is 20.1. The third kappa shape index (κ3) is 4.92. The van der Waals surface area contributed by atoms with Crippen molar-refractivity contribution in [2.75, 3.05) is 0 Å². The van der Waals surface area contributed by atoms with E-state index >= 15 is 0 Å². The van der Waals surface area contributed by atoms with E-state index in [1.807, 2.05) is 43.0 Å². The minimum Gasteiger partial charge on any atom is -0.351 e. The molecule has 0 aliphatic carbocycles. The van der Waals surface area contributed by atoms with Gasteiger partial charge in [0, 0.05) is 11.9 Å². The Balaban J connectivity index is 1.75. The van der Waals surface area contributed by atoms with Gasteiger partial charge in [-0.05, 0) is 43.0 Å². The standard InChI is InChI=1S/C19H22F2N6S/c1-12(14-6-7-16(20)17(21)9-14)24-19(22-10-15-5-4-8-28-15)23-11-18-26-25-13(2)27(18)3/h4-9,12H,10-11H2,1-3H3,(H2,22,23,24). The van der Waals surface area contributed by atoms with Crippen LogP contribution >= 0.6 is 11.3 Å². The molecule has 2 heterocycles. The van der Waals surface area contributed by atoms with Gasteiger partial charge in [0.1, 0.15) is 12.4 Å². The number of aliphatic imine (C=N–C) groups is 1. The lowest BCUT2D eigenvalue weighted by atomic mass is 10.1. The predicted octanol–water partition coefficient (Wildman–Crippen LogP) is 3.46. The summed E-state index contributed by atoms with van der Waals surface area (Å²) in [7, 11) is 1.89. The van der Waals surface area contributed by atoms with Crippen LogP contribution in [-0.2, 0) is 20.1 Å². The Morgan fingerprint density at radius 2 is 2.07 bits per heavy atom. The molecule has 0 bridgehead atoms. The number of halogens is 2. The molecule has 0 saturated heterocycles. The first-order valence-electron chi connectivity index (χ1n) is 8.81. The van der Waals surface area contributed by atoms with Gasteiger partial charge in [-0.15, -0.1) is 21.5 Å². The molecule has 1 unspecified atom stereocenters. The summed E-state index contributed by atoms with van der Waals surface area (Å²) in [5, 5.41) is 16.7. The number of nitrogens with zero attached hydrogens (tertiary/aromatic N) is 4. The van der Waals surface area contributed by atoms with E-state index in [9.17, 15) is 8.78 Å². The summed E-state index contributed by atoms with van der Waals surface area (Å²) in [6.07, 6.45) is 0. The van der Waals surface area contributed by atoms with Crippen molar-refractivity contribution in [3.8, 4) is 0 Å². The van der Waals surface area contributed by atoms with Gasteiger partial charge in [0.05, 0.1) is 12.6 Å². The van der Waals surface area contributed by atoms with E-state index in [4.69, 9.17) is 0 Å². The number of thiophene rings is 1. The quantitative estimate of drug-likeness (QED) is 0.488. The maximum atomic E-state index is 13.6. The first kappa shape index (κ1) is 19.9. The van der Waals surface area contributed by atoms with Crippen molar-refractivity contribution in [2.24, 2.45) is 12.0 Å². The summed E-state index contributed by atoms with van der Waals surface area (Å²) in [6, 6.07) is 7.61. The number of rotatable bonds is 6. The summed E-state index contributed by atoms with van der Waals surface area (Å²) < 4.78 is 28.6. The van der Waals surface area contributed by atoms with E-state index < -0.39 is 11.6 Å². The molecule has 1 atom stereocenters. The van der Waals surface area contributed by atoms with Gasteiger partial charge in [0.25, 0.3) is 0 Å². The van der Waals surface area contributed by atoms with Crippen LogP contribution in [0.5, 0.6) is 0 Å². The second-order valence-corrected chi connectivity index (χ2v) is 7.39. The molecular formula is C19H22F2N6S. The van der Waals surface area contributed by atoms with Crippen LogP contribution < -0.4 is 10.6 Å². The highest BCUT2D eigenvalue weighted by molar-refractivity contribution is 7.09. The Morgan fingerprint density at radius 3 is 2.71 bits per heavy atom. The lowest BCUT2D eigenvalue weighted by Crippen LogP contribution is -2.38. The number of hydrogen-bond donors (Lipinski definition) is 2. The SMILES string of the molecule is Cc1nnc(CN=C(NCc2cccs2)NC(C)c2ccc(F)c(F)c2)n1C. The fourth-order valence-electron chi connectivity index (χ4n) is 2.55. The van der Waals surface area contributed by atoms with E-state index in [1.54, 1.807) is 17.4 Å². The van der Waals surface area contributed by atoms with Gasteiger partial charge in [-0.2, -0.15) is 0 Å². The number of aromatic nitrogens is 3. The molecule has 0 spiro atoms. The highest BCUT2D eigenvalue weighted by atomic mass is 32.1. The maximum Gasteiger partial charge on any atom is 0.192 e. The summed E-state index contributed by atoms with van der Waals surface area (Å²) in [5.74, 6) is 0.354. The second-order valence-electron chi connectivity index (χ2n) is 6.36. The Morgan fingerprint density at radius 1 is 1.25 bits per heavy atom. The number of aryl methyl sites for hydroxylation is 1. The zero-order valence-electron chi connectivity index (χ0n) is 15.9. The number of hydrogen-bond acceptors (Lipinski definition) is 4. The average molecular weight is 404 g/mol. The molecule has 3 aromatic rings. The second kappa shape index (κ2) is 8.92. The van der Waals surface area contributed by atoms with Gasteiger partial charge in [-0.3, -0.25) is 0 Å². The van der Waals surface area contributed by atoms with Crippen molar-refractivity contribution in [2.45, 2.75) is 33.0 Å². The Kier molecular flexibility index (Phi) is 6.35. The van der Waals surface area contributed by atoms with Crippen molar-refractivity contribution in [3.63, 3.8) is 0 Å². The molecule has 3 rings (SSSR count). The molecule has 0 fully saturated rings. The summed E-state index contributed by atoms with van der Waals surface area (Å²) in [4.78, 5) is 5.74. The zero-order valence-corrected chi connectivity index (χ0v) is 16.7. The third-order valence-corrected chi connectivity index (χ3v) is 5.24. The fourth-order valence-corrected chi connectivity index (χ4v) is 3.19. The smallest absolute Gasteiger partial charge is 0.192 e. The highest BCUT2D eigenvalue weighted by Crippen LogP contribution is 2.16. The van der Waals surface area contributed by atoms with Crippen LogP contribution in [0.2, 0.25) is 0 Å². The molecule has 2 aromatic heterocycles. The molecule has 6 nitrogen and oxygen atoms in total. The lowest BCUT2D eigenvalue weighted by Gasteiger charge is -2.19. The summed E-state index contributed by atoms with van der Waals surface area (Å²) >= 11 is 1.64. The number of benzene rings is 1. The first-order chi connectivity index (χ1) is 13.4. The predicted molar refractivity (Wildman–Crippen MR) is 106 cm³/mol. The van der Waals surface area contributed by atoms with Crippen molar-refractivity contribution in [1.82, 2.24) is 25.4 Å². The fraction of sp³-hybridized carbons (Fsp3) is 0.316. The first-order valence-corrected chi connectivity index (χ1v) is 9.69. The molecule has 0 saturated carbocycles. The molecule has 28 heavy (non-hydrogen) atoms. The van der Waals surface area contributed by atoms with Crippen LogP contribution in [0.25, 0.3) is 0 Å². The molecule has 2 N–H and O–H groups in total. The van der Waals surface area contributed by atoms with Crippen molar-refractivity contribution in [3.05, 3.63) is 69.4 Å². The van der Waals surface area contributed by atoms with Gasteiger partial charge in [-0.1, -0.05) is 12.1 Å². The van der Waals surface area contributed by atoms with E-state index in [-0.39, 0.29) is 6.04 Å². The van der Waals surface area contributed by atoms with Gasteiger partial charge >= 0.3 is 0 Å². The molecule has 1 aromatic carbocycles. The van der Waals surface area contributed by atoms with E-state index in [1.165, 1.54) is 6.07 Å². The maximum absolute atomic E-state index is 13.6. The van der Waals surface area contributed by atoms with E-state index in [0.717, 1.165) is 22.6 Å². The molecule has 0 amide bonds. The highest BCUT2D eigenvalue weighted by Gasteiger charge is 2.12. The average Bonchev–Trinajstić information content (AvgIpc) is 3.31. The molecule has 148 valence electrons. The Labute approximate surface area is 166 Å². The summed E-state index contributed by atoms with van der Waals surface area (Å²) in [5.41, 5.74) is 0.624. The minimum absolute atomic E-state index is 0.272. The van der Waals surface area contributed by atoms with E-state index in [2.05, 4.69) is 25.8 Å². The van der Waals surface area contributed by atoms with Crippen LogP contribution in [-0.4, -0.2) is 20.7 Å². The number of nitrogens with one attached hydrogen (secondary N) is 2. The minimum atomic E-state index is -0.870. The van der Waals surface area contributed by atoms with Crippen molar-refractivity contribution < 1.29 is 8.78 Å². The Bertz CT molecular complexity index is 951. The molecule has 0 aliphatic rings.